The van der Waals surface area contributed by atoms with Gasteiger partial charge in [-0.3, -0.25) is 9.59 Å². The lowest BCUT2D eigenvalue weighted by Gasteiger charge is -2.26. The summed E-state index contributed by atoms with van der Waals surface area (Å²) < 4.78 is 1.87. The predicted octanol–water partition coefficient (Wildman–Crippen LogP) is 5.58. The summed E-state index contributed by atoms with van der Waals surface area (Å²) >= 11 is 0. The number of carboxylic acid groups (broad SMARTS) is 1. The minimum absolute atomic E-state index is 0.0189. The second kappa shape index (κ2) is 15.1. The molecule has 0 saturated carbocycles. The van der Waals surface area contributed by atoms with Crippen LogP contribution in [-0.4, -0.2) is 68.1 Å². The first-order valence-electron chi connectivity index (χ1n) is 16.1. The first-order valence-corrected chi connectivity index (χ1v) is 16.1. The normalized spacial score (nSPS) is 14.1. The summed E-state index contributed by atoms with van der Waals surface area (Å²) in [6.45, 7) is 6.31. The number of rotatable bonds is 14. The lowest BCUT2D eigenvalue weighted by molar-refractivity contribution is 0.0695. The van der Waals surface area contributed by atoms with Crippen molar-refractivity contribution in [3.05, 3.63) is 112 Å². The van der Waals surface area contributed by atoms with Gasteiger partial charge in [-0.2, -0.15) is 0 Å². The Morgan fingerprint density at radius 2 is 1.70 bits per heavy atom. The number of aliphatic hydroxyl groups is 1. The first kappa shape index (κ1) is 32.8. The molecule has 4 aromatic rings. The van der Waals surface area contributed by atoms with E-state index in [0.717, 1.165) is 42.4 Å². The zero-order valence-corrected chi connectivity index (χ0v) is 26.5. The molecule has 240 valence electrons. The summed E-state index contributed by atoms with van der Waals surface area (Å²) in [6.07, 6.45) is 5.91. The maximum atomic E-state index is 14.4. The first-order chi connectivity index (χ1) is 22.3. The number of aromatic nitrogens is 2. The number of carboxylic acids is 1. The molecule has 1 aliphatic rings. The van der Waals surface area contributed by atoms with E-state index >= 15 is 0 Å². The van der Waals surface area contributed by atoms with E-state index < -0.39 is 5.97 Å². The van der Waals surface area contributed by atoms with Crippen LogP contribution in [0.25, 0.3) is 11.4 Å². The van der Waals surface area contributed by atoms with E-state index in [1.807, 2.05) is 51.9 Å². The molecular weight excluding hydrogens is 580 g/mol. The summed E-state index contributed by atoms with van der Waals surface area (Å²) in [4.78, 5) is 47.2. The Bertz CT molecular complexity index is 1690. The molecule has 0 saturated heterocycles. The topological polar surface area (TPSA) is 125 Å². The lowest BCUT2D eigenvalue weighted by Crippen LogP contribution is -2.39. The summed E-state index contributed by atoms with van der Waals surface area (Å²) in [6, 6.07) is 19.6. The van der Waals surface area contributed by atoms with Crippen molar-refractivity contribution in [1.29, 1.82) is 0 Å². The SMILES string of the molecule is CCCCN(CCCC)C(=O)c1cn(Cc2ccccc2)c(-c2ccc(C(=O)O)cc2C(=O)c2cccc3c2CC(CO)NC3)n1. The average molecular weight is 623 g/mol. The van der Waals surface area contributed by atoms with Crippen LogP contribution in [0.15, 0.2) is 72.9 Å². The van der Waals surface area contributed by atoms with E-state index in [0.29, 0.717) is 49.6 Å². The zero-order chi connectivity index (χ0) is 32.6. The van der Waals surface area contributed by atoms with E-state index in [1.165, 1.54) is 12.1 Å². The number of amides is 1. The largest absolute Gasteiger partial charge is 0.478 e. The molecule has 0 spiro atoms. The van der Waals surface area contributed by atoms with Gasteiger partial charge in [0.2, 0.25) is 0 Å². The highest BCUT2D eigenvalue weighted by atomic mass is 16.4. The predicted molar refractivity (Wildman–Crippen MR) is 177 cm³/mol. The van der Waals surface area contributed by atoms with Crippen LogP contribution < -0.4 is 5.32 Å². The van der Waals surface area contributed by atoms with E-state index in [9.17, 15) is 24.6 Å². The summed E-state index contributed by atoms with van der Waals surface area (Å²) in [7, 11) is 0. The molecule has 0 aliphatic carbocycles. The number of benzene rings is 3. The number of imidazole rings is 1. The smallest absolute Gasteiger partial charge is 0.335 e. The number of unbranched alkanes of at least 4 members (excludes halogenated alkanes) is 2. The maximum absolute atomic E-state index is 14.4. The van der Waals surface area contributed by atoms with Gasteiger partial charge in [-0.1, -0.05) is 75.2 Å². The monoisotopic (exact) mass is 622 g/mol. The Hall–Kier alpha value is -4.60. The lowest BCUT2D eigenvalue weighted by atomic mass is 9.87. The standard InChI is InChI=1S/C37H42N4O5/c1-3-5-17-40(18-6-4-2)36(44)33-23-41(22-25-11-8-7-9-12-25)35(39-33)30-16-15-26(37(45)46)19-32(30)34(43)29-14-10-13-27-21-38-28(24-42)20-31(27)29/h7-16,19,23,28,38,42H,3-6,17-18,20-22,24H2,1-2H3,(H,45,46). The Morgan fingerprint density at radius 3 is 2.37 bits per heavy atom. The zero-order valence-electron chi connectivity index (χ0n) is 26.5. The number of aromatic carboxylic acids is 1. The van der Waals surface area contributed by atoms with E-state index in [2.05, 4.69) is 19.2 Å². The molecule has 1 aromatic heterocycles. The maximum Gasteiger partial charge on any atom is 0.335 e. The van der Waals surface area contributed by atoms with Gasteiger partial charge in [-0.25, -0.2) is 9.78 Å². The van der Waals surface area contributed by atoms with Crippen LogP contribution in [0.3, 0.4) is 0 Å². The Balaban J connectivity index is 1.65. The highest BCUT2D eigenvalue weighted by Crippen LogP contribution is 2.31. The van der Waals surface area contributed by atoms with Gasteiger partial charge in [0, 0.05) is 55.1 Å². The van der Waals surface area contributed by atoms with E-state index in [-0.39, 0.29) is 41.2 Å². The highest BCUT2D eigenvalue weighted by Gasteiger charge is 2.28. The Kier molecular flexibility index (Phi) is 10.8. The minimum Gasteiger partial charge on any atom is -0.478 e. The molecular formula is C37H42N4O5. The molecule has 1 atom stereocenters. The van der Waals surface area contributed by atoms with Gasteiger partial charge in [0.25, 0.3) is 5.91 Å². The van der Waals surface area contributed by atoms with Crippen molar-refractivity contribution in [2.75, 3.05) is 19.7 Å². The summed E-state index contributed by atoms with van der Waals surface area (Å²) in [5.74, 6) is -1.22. The number of ketones is 1. The van der Waals surface area contributed by atoms with Crippen LogP contribution in [0.2, 0.25) is 0 Å². The molecule has 0 radical (unpaired) electrons. The number of nitrogens with one attached hydrogen (secondary N) is 1. The number of carbonyl (C=O) groups is 3. The third-order valence-corrected chi connectivity index (χ3v) is 8.56. The molecule has 1 aliphatic heterocycles. The van der Waals surface area contributed by atoms with Crippen molar-refractivity contribution in [2.24, 2.45) is 0 Å². The molecule has 0 bridgehead atoms. The van der Waals surface area contributed by atoms with Crippen LogP contribution in [0.5, 0.6) is 0 Å². The number of nitrogens with zero attached hydrogens (tertiary/aromatic N) is 3. The van der Waals surface area contributed by atoms with Crippen LogP contribution in [0.4, 0.5) is 0 Å². The molecule has 1 amide bonds. The molecule has 3 N–H and O–H groups in total. The van der Waals surface area contributed by atoms with Gasteiger partial charge in [-0.15, -0.1) is 0 Å². The number of hydrogen-bond acceptors (Lipinski definition) is 6. The van der Waals surface area contributed by atoms with Gasteiger partial charge in [0.1, 0.15) is 11.5 Å². The van der Waals surface area contributed by atoms with Gasteiger partial charge in [0.05, 0.1) is 12.2 Å². The van der Waals surface area contributed by atoms with E-state index in [1.54, 1.807) is 18.3 Å². The second-order valence-electron chi connectivity index (χ2n) is 11.9. The van der Waals surface area contributed by atoms with Crippen molar-refractivity contribution in [3.8, 4) is 11.4 Å². The van der Waals surface area contributed by atoms with Crippen molar-refractivity contribution >= 4 is 17.7 Å². The molecule has 3 aromatic carbocycles. The molecule has 9 nitrogen and oxygen atoms in total. The second-order valence-corrected chi connectivity index (χ2v) is 11.9. The van der Waals surface area contributed by atoms with Crippen LogP contribution in [-0.2, 0) is 19.5 Å². The molecule has 5 rings (SSSR count). The van der Waals surface area contributed by atoms with Crippen molar-refractivity contribution < 1.29 is 24.6 Å². The van der Waals surface area contributed by atoms with Gasteiger partial charge < -0.3 is 25.0 Å². The highest BCUT2D eigenvalue weighted by molar-refractivity contribution is 6.14. The third kappa shape index (κ3) is 7.27. The minimum atomic E-state index is -1.15. The van der Waals surface area contributed by atoms with E-state index in [4.69, 9.17) is 4.98 Å². The van der Waals surface area contributed by atoms with Crippen LogP contribution in [0.1, 0.15) is 93.0 Å². The number of aliphatic hydroxyl groups excluding tert-OH is 1. The fraction of sp³-hybridized carbons (Fsp3) is 0.351. The van der Waals surface area contributed by atoms with Gasteiger partial charge in [0.15, 0.2) is 5.78 Å². The van der Waals surface area contributed by atoms with Gasteiger partial charge >= 0.3 is 5.97 Å². The Morgan fingerprint density at radius 1 is 0.957 bits per heavy atom. The quantitative estimate of drug-likeness (QED) is 0.157. The molecule has 1 unspecified atom stereocenters. The fourth-order valence-electron chi connectivity index (χ4n) is 5.97. The van der Waals surface area contributed by atoms with Crippen LogP contribution >= 0.6 is 0 Å². The van der Waals surface area contributed by atoms with Crippen molar-refractivity contribution in [2.45, 2.75) is 65.1 Å². The Labute approximate surface area is 269 Å². The average Bonchev–Trinajstić information content (AvgIpc) is 3.50. The molecule has 2 heterocycles. The number of carbonyl (C=O) groups excluding carboxylic acids is 2. The fourth-order valence-corrected chi connectivity index (χ4v) is 5.97. The number of hydrogen-bond donors (Lipinski definition) is 3. The molecule has 0 fully saturated rings. The summed E-state index contributed by atoms with van der Waals surface area (Å²) in [5, 5.41) is 23.0. The van der Waals surface area contributed by atoms with Crippen molar-refractivity contribution in [3.63, 3.8) is 0 Å². The molecule has 9 heteroatoms. The number of fused-ring (bicyclic) bond motifs is 1. The van der Waals surface area contributed by atoms with Crippen molar-refractivity contribution in [1.82, 2.24) is 19.8 Å². The molecule has 46 heavy (non-hydrogen) atoms. The van der Waals surface area contributed by atoms with Crippen LogP contribution in [0, 0.1) is 0 Å². The summed E-state index contributed by atoms with van der Waals surface area (Å²) in [5.41, 5.74) is 4.16. The van der Waals surface area contributed by atoms with Gasteiger partial charge in [-0.05, 0) is 54.2 Å². The third-order valence-electron chi connectivity index (χ3n) is 8.56.